The molecule has 14 heavy (non-hydrogen) atoms. The number of fused-ring (bicyclic) bond motifs is 3. The van der Waals surface area contributed by atoms with Gasteiger partial charge in [0.05, 0.1) is 5.56 Å². The van der Waals surface area contributed by atoms with E-state index in [0.29, 0.717) is 11.5 Å². The molecule has 5 nitrogen and oxygen atoms in total. The summed E-state index contributed by atoms with van der Waals surface area (Å²) >= 11 is 0. The highest BCUT2D eigenvalue weighted by molar-refractivity contribution is 6.16. The molecule has 1 aromatic carbocycles. The first-order chi connectivity index (χ1) is 6.77. The highest BCUT2D eigenvalue weighted by atomic mass is 16.7. The minimum Gasteiger partial charge on any atom is -0.454 e. The summed E-state index contributed by atoms with van der Waals surface area (Å²) in [4.78, 5) is 22.4. The van der Waals surface area contributed by atoms with Crippen LogP contribution in [0.15, 0.2) is 12.1 Å². The van der Waals surface area contributed by atoms with Crippen LogP contribution in [0.4, 0.5) is 0 Å². The van der Waals surface area contributed by atoms with Crippen LogP contribution in [0.5, 0.6) is 11.5 Å². The van der Waals surface area contributed by atoms with Gasteiger partial charge in [-0.3, -0.25) is 0 Å². The fourth-order valence-corrected chi connectivity index (χ4v) is 1.54. The first-order valence-corrected chi connectivity index (χ1v) is 3.96. The largest absolute Gasteiger partial charge is 0.454 e. The van der Waals surface area contributed by atoms with Crippen molar-refractivity contribution in [1.29, 1.82) is 0 Å². The normalized spacial score (nSPS) is 16.9. The molecule has 3 rings (SSSR count). The van der Waals surface area contributed by atoms with E-state index in [2.05, 4.69) is 4.74 Å². The molecule has 5 heteroatoms. The third-order valence-electron chi connectivity index (χ3n) is 2.15. The second kappa shape index (κ2) is 2.25. The van der Waals surface area contributed by atoms with Gasteiger partial charge in [-0.2, -0.15) is 0 Å². The third-order valence-corrected chi connectivity index (χ3v) is 2.15. The maximum atomic E-state index is 11.3. The molecule has 0 saturated carbocycles. The number of carbonyl (C=O) groups excluding carboxylic acids is 2. The SMILES string of the molecule is O=C1OC(=O)c2c1ccc1c2OCO1. The predicted molar refractivity (Wildman–Crippen MR) is 42.3 cm³/mol. The predicted octanol–water partition coefficient (Wildman–Crippen LogP) is 0.726. The van der Waals surface area contributed by atoms with Gasteiger partial charge >= 0.3 is 11.9 Å². The van der Waals surface area contributed by atoms with Crippen molar-refractivity contribution in [2.75, 3.05) is 6.79 Å². The summed E-state index contributed by atoms with van der Waals surface area (Å²) in [7, 11) is 0. The molecule has 2 heterocycles. The van der Waals surface area contributed by atoms with Gasteiger partial charge in [0.1, 0.15) is 5.56 Å². The van der Waals surface area contributed by atoms with E-state index in [1.54, 1.807) is 6.07 Å². The second-order valence-electron chi connectivity index (χ2n) is 2.90. The lowest BCUT2D eigenvalue weighted by atomic mass is 10.1. The summed E-state index contributed by atoms with van der Waals surface area (Å²) in [5.74, 6) is -0.538. The van der Waals surface area contributed by atoms with Gasteiger partial charge in [-0.05, 0) is 12.1 Å². The number of carbonyl (C=O) groups is 2. The van der Waals surface area contributed by atoms with E-state index in [-0.39, 0.29) is 17.9 Å². The maximum absolute atomic E-state index is 11.3. The van der Waals surface area contributed by atoms with E-state index in [4.69, 9.17) is 9.47 Å². The van der Waals surface area contributed by atoms with Crippen LogP contribution in [0.25, 0.3) is 0 Å². The van der Waals surface area contributed by atoms with Crippen molar-refractivity contribution >= 4 is 11.9 Å². The van der Waals surface area contributed by atoms with Crippen molar-refractivity contribution in [1.82, 2.24) is 0 Å². The Morgan fingerprint density at radius 2 is 1.93 bits per heavy atom. The number of hydrogen-bond acceptors (Lipinski definition) is 5. The average Bonchev–Trinajstić information content (AvgIpc) is 2.71. The Morgan fingerprint density at radius 3 is 2.79 bits per heavy atom. The topological polar surface area (TPSA) is 61.8 Å². The number of cyclic esters (lactones) is 2. The fourth-order valence-electron chi connectivity index (χ4n) is 1.54. The van der Waals surface area contributed by atoms with Crippen LogP contribution in [0.2, 0.25) is 0 Å². The molecule has 0 unspecified atom stereocenters. The van der Waals surface area contributed by atoms with Gasteiger partial charge in [0, 0.05) is 0 Å². The van der Waals surface area contributed by atoms with Gasteiger partial charge in [-0.25, -0.2) is 9.59 Å². The zero-order valence-corrected chi connectivity index (χ0v) is 6.90. The first-order valence-electron chi connectivity index (χ1n) is 3.96. The van der Waals surface area contributed by atoms with E-state index in [9.17, 15) is 9.59 Å². The Balaban J connectivity index is 2.33. The molecule has 0 aromatic heterocycles. The molecule has 0 fully saturated rings. The Morgan fingerprint density at radius 1 is 1.07 bits per heavy atom. The van der Waals surface area contributed by atoms with Crippen LogP contribution < -0.4 is 9.47 Å². The Kier molecular flexibility index (Phi) is 1.19. The summed E-state index contributed by atoms with van der Waals surface area (Å²) in [5.41, 5.74) is 0.407. The zero-order valence-electron chi connectivity index (χ0n) is 6.90. The van der Waals surface area contributed by atoms with E-state index in [1.165, 1.54) is 6.07 Å². The summed E-state index contributed by atoms with van der Waals surface area (Å²) in [6.07, 6.45) is 0. The lowest BCUT2D eigenvalue weighted by Gasteiger charge is -1.97. The monoisotopic (exact) mass is 192 g/mol. The molecular formula is C9H4O5. The van der Waals surface area contributed by atoms with Crippen LogP contribution in [0, 0.1) is 0 Å². The molecule has 0 amide bonds. The molecule has 0 saturated heterocycles. The van der Waals surface area contributed by atoms with E-state index < -0.39 is 11.9 Å². The summed E-state index contributed by atoms with van der Waals surface area (Å²) in [5, 5.41) is 0. The van der Waals surface area contributed by atoms with Crippen LogP contribution in [0.3, 0.4) is 0 Å². The van der Waals surface area contributed by atoms with Crippen LogP contribution in [-0.4, -0.2) is 18.7 Å². The fraction of sp³-hybridized carbons (Fsp3) is 0.111. The Labute approximate surface area is 78.2 Å². The maximum Gasteiger partial charge on any atom is 0.350 e. The van der Waals surface area contributed by atoms with Crippen LogP contribution >= 0.6 is 0 Å². The summed E-state index contributed by atoms with van der Waals surface area (Å²) in [6, 6.07) is 3.08. The standard InChI is InChI=1S/C9H4O5/c10-8-4-1-2-5-7(13-3-12-5)6(4)9(11)14-8/h1-2H,3H2. The number of esters is 2. The average molecular weight is 192 g/mol. The summed E-state index contributed by atoms with van der Waals surface area (Å²) < 4.78 is 14.6. The van der Waals surface area contributed by atoms with Gasteiger partial charge in [0.15, 0.2) is 11.5 Å². The van der Waals surface area contributed by atoms with Crippen molar-refractivity contribution in [2.45, 2.75) is 0 Å². The van der Waals surface area contributed by atoms with Crippen molar-refractivity contribution < 1.29 is 23.8 Å². The molecule has 0 N–H and O–H groups in total. The number of hydrogen-bond donors (Lipinski definition) is 0. The first kappa shape index (κ1) is 7.37. The van der Waals surface area contributed by atoms with Crippen LogP contribution in [0.1, 0.15) is 20.7 Å². The van der Waals surface area contributed by atoms with E-state index >= 15 is 0 Å². The molecule has 0 bridgehead atoms. The van der Waals surface area contributed by atoms with Gasteiger partial charge in [-0.15, -0.1) is 0 Å². The Bertz CT molecular complexity index is 463. The number of benzene rings is 1. The second-order valence-corrected chi connectivity index (χ2v) is 2.90. The molecule has 2 aliphatic heterocycles. The molecule has 1 aromatic rings. The minimum atomic E-state index is -0.674. The highest BCUT2D eigenvalue weighted by Crippen LogP contribution is 2.40. The molecule has 0 spiro atoms. The molecule has 0 radical (unpaired) electrons. The van der Waals surface area contributed by atoms with Gasteiger partial charge in [-0.1, -0.05) is 0 Å². The summed E-state index contributed by atoms with van der Waals surface area (Å²) in [6.45, 7) is 0.0628. The number of ether oxygens (including phenoxy) is 3. The number of rotatable bonds is 0. The van der Waals surface area contributed by atoms with Crippen LogP contribution in [-0.2, 0) is 4.74 Å². The van der Waals surface area contributed by atoms with Crippen molar-refractivity contribution in [3.8, 4) is 11.5 Å². The molecule has 2 aliphatic rings. The molecule has 0 aliphatic carbocycles. The third kappa shape index (κ3) is 0.736. The van der Waals surface area contributed by atoms with Crippen molar-refractivity contribution in [3.63, 3.8) is 0 Å². The molecule has 70 valence electrons. The van der Waals surface area contributed by atoms with Gasteiger partial charge < -0.3 is 14.2 Å². The van der Waals surface area contributed by atoms with Gasteiger partial charge in [0.25, 0.3) is 0 Å². The molecular weight excluding hydrogens is 188 g/mol. The van der Waals surface area contributed by atoms with Crippen molar-refractivity contribution in [2.24, 2.45) is 0 Å². The molecule has 0 atom stereocenters. The smallest absolute Gasteiger partial charge is 0.350 e. The highest BCUT2D eigenvalue weighted by Gasteiger charge is 2.36. The lowest BCUT2D eigenvalue weighted by Crippen LogP contribution is -1.99. The quantitative estimate of drug-likeness (QED) is 0.447. The van der Waals surface area contributed by atoms with E-state index in [1.807, 2.05) is 0 Å². The van der Waals surface area contributed by atoms with Crippen molar-refractivity contribution in [3.05, 3.63) is 23.3 Å². The van der Waals surface area contributed by atoms with Gasteiger partial charge in [0.2, 0.25) is 6.79 Å². The minimum absolute atomic E-state index is 0.0628. The zero-order chi connectivity index (χ0) is 9.71. The van der Waals surface area contributed by atoms with E-state index in [0.717, 1.165) is 0 Å². The Hall–Kier alpha value is -2.04. The lowest BCUT2D eigenvalue weighted by molar-refractivity contribution is 0.0442.